The molecule has 0 aromatic carbocycles. The van der Waals surface area contributed by atoms with Crippen LogP contribution in [-0.4, -0.2) is 77.6 Å². The van der Waals surface area contributed by atoms with Crippen LogP contribution in [0.2, 0.25) is 0 Å². The fourth-order valence-corrected chi connectivity index (χ4v) is 2.77. The van der Waals surface area contributed by atoms with Gasteiger partial charge in [-0.25, -0.2) is 4.79 Å². The summed E-state index contributed by atoms with van der Waals surface area (Å²) in [6, 6.07) is 0.117. The molecule has 0 aliphatic carbocycles. The Morgan fingerprint density at radius 3 is 2.00 bits per heavy atom. The molecular weight excluding hydrogens is 246 g/mol. The maximum atomic E-state index is 12.3. The molecule has 108 valence electrons. The Bertz CT molecular complexity index is 343. The second kappa shape index (κ2) is 5.77. The predicted octanol–water partition coefficient (Wildman–Crippen LogP) is 0.396. The van der Waals surface area contributed by atoms with Crippen LogP contribution in [0.5, 0.6) is 0 Å². The molecule has 0 aromatic heterocycles. The van der Waals surface area contributed by atoms with Gasteiger partial charge in [-0.3, -0.25) is 9.69 Å². The minimum atomic E-state index is -0.804. The van der Waals surface area contributed by atoms with E-state index in [0.717, 1.165) is 13.1 Å². The van der Waals surface area contributed by atoms with E-state index in [-0.39, 0.29) is 12.6 Å². The second-order valence-electron chi connectivity index (χ2n) is 5.80. The molecule has 6 nitrogen and oxygen atoms in total. The number of amides is 2. The van der Waals surface area contributed by atoms with Crippen molar-refractivity contribution < 1.29 is 14.7 Å². The maximum Gasteiger partial charge on any atom is 0.320 e. The van der Waals surface area contributed by atoms with Gasteiger partial charge in [0.1, 0.15) is 0 Å². The normalized spacial score (nSPS) is 28.7. The van der Waals surface area contributed by atoms with Crippen LogP contribution in [0.15, 0.2) is 0 Å². The molecule has 0 bridgehead atoms. The minimum absolute atomic E-state index is 0.0693. The van der Waals surface area contributed by atoms with Gasteiger partial charge >= 0.3 is 12.0 Å². The van der Waals surface area contributed by atoms with Gasteiger partial charge in [0, 0.05) is 39.3 Å². The van der Waals surface area contributed by atoms with Crippen molar-refractivity contribution in [2.24, 2.45) is 11.8 Å². The summed E-state index contributed by atoms with van der Waals surface area (Å²) in [5.74, 6) is 0.330. The molecule has 2 amide bonds. The lowest BCUT2D eigenvalue weighted by atomic mass is 10.0. The standard InChI is InChI=1S/C13H23N3O3/c1-10-7-16(8-11(10)2)13(19)15-5-3-14(4-6-15)9-12(17)18/h10-11H,3-9H2,1-2H3,(H,17,18). The third-order valence-electron chi connectivity index (χ3n) is 4.26. The number of hydrogen-bond donors (Lipinski definition) is 1. The zero-order valence-electron chi connectivity index (χ0n) is 11.7. The largest absolute Gasteiger partial charge is 0.480 e. The van der Waals surface area contributed by atoms with E-state index in [1.807, 2.05) is 14.7 Å². The van der Waals surface area contributed by atoms with Crippen molar-refractivity contribution in [3.63, 3.8) is 0 Å². The molecule has 19 heavy (non-hydrogen) atoms. The van der Waals surface area contributed by atoms with E-state index in [1.54, 1.807) is 0 Å². The molecule has 2 aliphatic rings. The van der Waals surface area contributed by atoms with Crippen LogP contribution in [0, 0.1) is 11.8 Å². The number of carboxylic acids is 1. The summed E-state index contributed by atoms with van der Waals surface area (Å²) >= 11 is 0. The van der Waals surface area contributed by atoms with E-state index in [1.165, 1.54) is 0 Å². The van der Waals surface area contributed by atoms with E-state index < -0.39 is 5.97 Å². The number of nitrogens with zero attached hydrogens (tertiary/aromatic N) is 3. The Balaban J connectivity index is 1.81. The minimum Gasteiger partial charge on any atom is -0.480 e. The number of carboxylic acid groups (broad SMARTS) is 1. The van der Waals surface area contributed by atoms with E-state index in [2.05, 4.69) is 13.8 Å². The van der Waals surface area contributed by atoms with E-state index >= 15 is 0 Å². The first kappa shape index (κ1) is 14.1. The number of carbonyl (C=O) groups is 2. The SMILES string of the molecule is CC1CN(C(=O)N2CCN(CC(=O)O)CC2)CC1C. The van der Waals surface area contributed by atoms with Gasteiger partial charge in [-0.2, -0.15) is 0 Å². The Hall–Kier alpha value is -1.30. The highest BCUT2D eigenvalue weighted by Crippen LogP contribution is 2.23. The maximum absolute atomic E-state index is 12.3. The average molecular weight is 269 g/mol. The second-order valence-corrected chi connectivity index (χ2v) is 5.80. The van der Waals surface area contributed by atoms with Gasteiger partial charge in [-0.15, -0.1) is 0 Å². The van der Waals surface area contributed by atoms with Crippen LogP contribution in [-0.2, 0) is 4.79 Å². The van der Waals surface area contributed by atoms with E-state index in [9.17, 15) is 9.59 Å². The highest BCUT2D eigenvalue weighted by molar-refractivity contribution is 5.75. The molecule has 2 atom stereocenters. The lowest BCUT2D eigenvalue weighted by Gasteiger charge is -2.36. The Kier molecular flexibility index (Phi) is 4.29. The number of piperazine rings is 1. The highest BCUT2D eigenvalue weighted by Gasteiger charge is 2.33. The summed E-state index contributed by atoms with van der Waals surface area (Å²) in [6.07, 6.45) is 0. The highest BCUT2D eigenvalue weighted by atomic mass is 16.4. The molecule has 0 saturated carbocycles. The lowest BCUT2D eigenvalue weighted by Crippen LogP contribution is -2.53. The summed E-state index contributed by atoms with van der Waals surface area (Å²) in [6.45, 7) is 8.68. The molecule has 2 aliphatic heterocycles. The molecular formula is C13H23N3O3. The Labute approximate surface area is 114 Å². The quantitative estimate of drug-likeness (QED) is 0.788. The van der Waals surface area contributed by atoms with Crippen LogP contribution in [0.25, 0.3) is 0 Å². The first-order valence-corrected chi connectivity index (χ1v) is 6.95. The van der Waals surface area contributed by atoms with Gasteiger partial charge in [0.05, 0.1) is 6.54 Å². The smallest absolute Gasteiger partial charge is 0.320 e. The molecule has 2 saturated heterocycles. The molecule has 0 spiro atoms. The van der Waals surface area contributed by atoms with E-state index in [0.29, 0.717) is 38.0 Å². The van der Waals surface area contributed by atoms with Crippen LogP contribution in [0.1, 0.15) is 13.8 Å². The molecule has 1 N–H and O–H groups in total. The van der Waals surface area contributed by atoms with Gasteiger partial charge in [0.25, 0.3) is 0 Å². The fourth-order valence-electron chi connectivity index (χ4n) is 2.77. The molecule has 2 fully saturated rings. The number of aliphatic carboxylic acids is 1. The van der Waals surface area contributed by atoms with Crippen LogP contribution < -0.4 is 0 Å². The van der Waals surface area contributed by atoms with Gasteiger partial charge in [0.15, 0.2) is 0 Å². The van der Waals surface area contributed by atoms with Crippen LogP contribution >= 0.6 is 0 Å². The van der Waals surface area contributed by atoms with Crippen LogP contribution in [0.4, 0.5) is 4.79 Å². The average Bonchev–Trinajstić information content (AvgIpc) is 2.69. The summed E-state index contributed by atoms with van der Waals surface area (Å²) in [5, 5.41) is 8.74. The molecule has 2 unspecified atom stereocenters. The molecule has 0 aromatic rings. The number of urea groups is 1. The van der Waals surface area contributed by atoms with Gasteiger partial charge in [-0.1, -0.05) is 13.8 Å². The van der Waals surface area contributed by atoms with Gasteiger partial charge in [-0.05, 0) is 11.8 Å². The number of carbonyl (C=O) groups excluding carboxylic acids is 1. The van der Waals surface area contributed by atoms with Gasteiger partial charge < -0.3 is 14.9 Å². The predicted molar refractivity (Wildman–Crippen MR) is 70.9 cm³/mol. The summed E-state index contributed by atoms with van der Waals surface area (Å²) in [5.41, 5.74) is 0. The number of hydrogen-bond acceptors (Lipinski definition) is 3. The summed E-state index contributed by atoms with van der Waals surface area (Å²) in [4.78, 5) is 28.6. The fraction of sp³-hybridized carbons (Fsp3) is 0.846. The monoisotopic (exact) mass is 269 g/mol. The molecule has 0 radical (unpaired) electrons. The summed E-state index contributed by atoms with van der Waals surface area (Å²) < 4.78 is 0. The zero-order chi connectivity index (χ0) is 14.0. The van der Waals surface area contributed by atoms with E-state index in [4.69, 9.17) is 5.11 Å². The van der Waals surface area contributed by atoms with Crippen molar-refractivity contribution in [2.75, 3.05) is 45.8 Å². The number of rotatable bonds is 2. The molecule has 6 heteroatoms. The topological polar surface area (TPSA) is 64.1 Å². The zero-order valence-corrected chi connectivity index (χ0v) is 11.7. The lowest BCUT2D eigenvalue weighted by molar-refractivity contribution is -0.138. The van der Waals surface area contributed by atoms with Gasteiger partial charge in [0.2, 0.25) is 0 Å². The third-order valence-corrected chi connectivity index (χ3v) is 4.26. The first-order valence-electron chi connectivity index (χ1n) is 6.95. The van der Waals surface area contributed by atoms with Crippen LogP contribution in [0.3, 0.4) is 0 Å². The van der Waals surface area contributed by atoms with Crippen molar-refractivity contribution in [1.82, 2.24) is 14.7 Å². The van der Waals surface area contributed by atoms with Crippen molar-refractivity contribution in [1.29, 1.82) is 0 Å². The molecule has 2 heterocycles. The Morgan fingerprint density at radius 1 is 1.00 bits per heavy atom. The van der Waals surface area contributed by atoms with Crippen molar-refractivity contribution in [3.8, 4) is 0 Å². The van der Waals surface area contributed by atoms with Crippen molar-refractivity contribution >= 4 is 12.0 Å². The third kappa shape index (κ3) is 3.37. The van der Waals surface area contributed by atoms with Crippen molar-refractivity contribution in [2.45, 2.75) is 13.8 Å². The molecule has 2 rings (SSSR count). The van der Waals surface area contributed by atoms with Crippen molar-refractivity contribution in [3.05, 3.63) is 0 Å². The number of likely N-dealkylation sites (tertiary alicyclic amines) is 1. The first-order chi connectivity index (χ1) is 8.97. The Morgan fingerprint density at radius 2 is 1.53 bits per heavy atom. The summed E-state index contributed by atoms with van der Waals surface area (Å²) in [7, 11) is 0.